The molecule has 41 heavy (non-hydrogen) atoms. The molecule has 0 aliphatic heterocycles. The van der Waals surface area contributed by atoms with Crippen molar-refractivity contribution in [1.82, 2.24) is 14.5 Å². The number of nitrogens with zero attached hydrogens (tertiary/aromatic N) is 5. The van der Waals surface area contributed by atoms with Crippen LogP contribution in [0.25, 0.3) is 61.4 Å². The van der Waals surface area contributed by atoms with Gasteiger partial charge in [0.25, 0.3) is 0 Å². The summed E-state index contributed by atoms with van der Waals surface area (Å²) >= 11 is 0. The Labute approximate surface area is 236 Å². The Morgan fingerprint density at radius 2 is 1.15 bits per heavy atom. The zero-order valence-corrected chi connectivity index (χ0v) is 21.9. The highest BCUT2D eigenvalue weighted by Crippen LogP contribution is 2.35. The molecule has 0 radical (unpaired) electrons. The molecule has 0 aliphatic rings. The fourth-order valence-electron chi connectivity index (χ4n) is 5.34. The van der Waals surface area contributed by atoms with Crippen LogP contribution < -0.4 is 0 Å². The van der Waals surface area contributed by atoms with E-state index in [1.165, 1.54) is 0 Å². The Morgan fingerprint density at radius 3 is 1.80 bits per heavy atom. The average molecular weight is 524 g/mol. The maximum Gasteiger partial charge on any atom is 0.160 e. The normalized spacial score (nSPS) is 10.9. The predicted octanol–water partition coefficient (Wildman–Crippen LogP) is 8.32. The van der Waals surface area contributed by atoms with Crippen molar-refractivity contribution in [2.45, 2.75) is 0 Å². The van der Waals surface area contributed by atoms with Crippen LogP contribution in [0.4, 0.5) is 0 Å². The van der Waals surface area contributed by atoms with Gasteiger partial charge in [-0.25, -0.2) is 9.97 Å². The van der Waals surface area contributed by atoms with Crippen LogP contribution in [0.15, 0.2) is 127 Å². The number of rotatable bonds is 4. The van der Waals surface area contributed by atoms with E-state index >= 15 is 0 Å². The number of aromatic nitrogens is 3. The number of hydrogen-bond acceptors (Lipinski definition) is 4. The molecule has 5 heteroatoms. The van der Waals surface area contributed by atoms with Crippen molar-refractivity contribution < 1.29 is 0 Å². The number of para-hydroxylation sites is 1. The lowest BCUT2D eigenvalue weighted by Crippen LogP contribution is -2.00. The Kier molecular flexibility index (Phi) is 5.82. The largest absolute Gasteiger partial charge is 0.308 e. The third-order valence-corrected chi connectivity index (χ3v) is 7.28. The van der Waals surface area contributed by atoms with Crippen molar-refractivity contribution in [3.05, 3.63) is 139 Å². The second kappa shape index (κ2) is 9.93. The molecule has 0 spiro atoms. The first-order valence-corrected chi connectivity index (χ1v) is 13.2. The van der Waals surface area contributed by atoms with Crippen LogP contribution in [0.5, 0.6) is 0 Å². The molecule has 0 bridgehead atoms. The zero-order chi connectivity index (χ0) is 27.8. The molecule has 0 unspecified atom stereocenters. The molecule has 0 atom stereocenters. The van der Waals surface area contributed by atoms with Crippen molar-refractivity contribution in [3.8, 4) is 51.7 Å². The molecule has 0 aliphatic carbocycles. The molecular formula is C36H21N5. The SMILES string of the molecule is N#Cc1ccc2c(c1)c1ccccc1n2-c1cc(-c2nc(-c3ccccc3)cc(-c3ccccc3)n2)ccc1C#N. The molecule has 7 rings (SSSR count). The van der Waals surface area contributed by atoms with Gasteiger partial charge in [-0.05, 0) is 48.5 Å². The highest BCUT2D eigenvalue weighted by Gasteiger charge is 2.18. The summed E-state index contributed by atoms with van der Waals surface area (Å²) < 4.78 is 2.09. The lowest BCUT2D eigenvalue weighted by atomic mass is 10.1. The van der Waals surface area contributed by atoms with Crippen molar-refractivity contribution in [2.75, 3.05) is 0 Å². The molecule has 0 amide bonds. The summed E-state index contributed by atoms with van der Waals surface area (Å²) in [5.41, 5.74) is 8.16. The molecule has 2 aromatic heterocycles. The topological polar surface area (TPSA) is 78.3 Å². The third-order valence-electron chi connectivity index (χ3n) is 7.28. The lowest BCUT2D eigenvalue weighted by Gasteiger charge is -2.13. The first-order valence-electron chi connectivity index (χ1n) is 13.2. The maximum absolute atomic E-state index is 10.2. The van der Waals surface area contributed by atoms with Crippen LogP contribution in [0.3, 0.4) is 0 Å². The van der Waals surface area contributed by atoms with Gasteiger partial charge in [-0.1, -0.05) is 78.9 Å². The van der Waals surface area contributed by atoms with Crippen LogP contribution >= 0.6 is 0 Å². The van der Waals surface area contributed by atoms with Crippen LogP contribution in [-0.4, -0.2) is 14.5 Å². The number of fused-ring (bicyclic) bond motifs is 3. The van der Waals surface area contributed by atoms with Crippen molar-refractivity contribution >= 4 is 21.8 Å². The van der Waals surface area contributed by atoms with Gasteiger partial charge in [0, 0.05) is 27.5 Å². The summed E-state index contributed by atoms with van der Waals surface area (Å²) in [6.45, 7) is 0. The minimum atomic E-state index is 0.531. The Bertz CT molecular complexity index is 2110. The van der Waals surface area contributed by atoms with Gasteiger partial charge in [-0.3, -0.25) is 0 Å². The Hall–Kier alpha value is -6.04. The lowest BCUT2D eigenvalue weighted by molar-refractivity contribution is 1.15. The van der Waals surface area contributed by atoms with Crippen molar-refractivity contribution in [2.24, 2.45) is 0 Å². The van der Waals surface area contributed by atoms with E-state index in [0.29, 0.717) is 17.0 Å². The monoisotopic (exact) mass is 523 g/mol. The van der Waals surface area contributed by atoms with Crippen molar-refractivity contribution in [1.29, 1.82) is 10.5 Å². The average Bonchev–Trinajstić information content (AvgIpc) is 3.38. The van der Waals surface area contributed by atoms with Gasteiger partial charge >= 0.3 is 0 Å². The number of hydrogen-bond donors (Lipinski definition) is 0. The second-order valence-electron chi connectivity index (χ2n) is 9.73. The van der Waals surface area contributed by atoms with E-state index in [-0.39, 0.29) is 0 Å². The van der Waals surface area contributed by atoms with E-state index in [1.807, 2.05) is 127 Å². The standard InChI is InChI=1S/C36H21N5/c37-22-24-15-18-34-30(19-24)29-13-7-8-14-33(29)41(34)35-20-27(16-17-28(35)23-38)36-39-31(25-9-3-1-4-10-25)21-32(40-36)26-11-5-2-6-12-26/h1-21H. The fourth-order valence-corrected chi connectivity index (χ4v) is 5.34. The van der Waals surface area contributed by atoms with Gasteiger partial charge in [0.05, 0.1) is 45.3 Å². The van der Waals surface area contributed by atoms with Crippen LogP contribution in [0.1, 0.15) is 11.1 Å². The minimum Gasteiger partial charge on any atom is -0.308 e. The highest BCUT2D eigenvalue weighted by atomic mass is 15.0. The zero-order valence-electron chi connectivity index (χ0n) is 21.9. The number of benzene rings is 5. The summed E-state index contributed by atoms with van der Waals surface area (Å²) in [4.78, 5) is 9.97. The van der Waals surface area contributed by atoms with E-state index < -0.39 is 0 Å². The first kappa shape index (κ1) is 24.0. The summed E-state index contributed by atoms with van der Waals surface area (Å²) in [5, 5.41) is 21.7. The van der Waals surface area contributed by atoms with Gasteiger partial charge in [-0.15, -0.1) is 0 Å². The van der Waals surface area contributed by atoms with E-state index in [2.05, 4.69) is 16.7 Å². The summed E-state index contributed by atoms with van der Waals surface area (Å²) in [7, 11) is 0. The summed E-state index contributed by atoms with van der Waals surface area (Å²) in [6.07, 6.45) is 0. The quantitative estimate of drug-likeness (QED) is 0.232. The smallest absolute Gasteiger partial charge is 0.160 e. The van der Waals surface area contributed by atoms with Crippen molar-refractivity contribution in [3.63, 3.8) is 0 Å². The minimum absolute atomic E-state index is 0.531. The maximum atomic E-state index is 10.2. The molecule has 0 N–H and O–H groups in total. The van der Waals surface area contributed by atoms with Gasteiger partial charge in [-0.2, -0.15) is 10.5 Å². The summed E-state index contributed by atoms with van der Waals surface area (Å²) in [6, 6.07) is 46.2. The van der Waals surface area contributed by atoms with Crippen LogP contribution in [0, 0.1) is 22.7 Å². The summed E-state index contributed by atoms with van der Waals surface area (Å²) in [5.74, 6) is 0.573. The first-order chi connectivity index (χ1) is 20.2. The Balaban J connectivity index is 1.49. The molecule has 7 aromatic rings. The van der Waals surface area contributed by atoms with E-state index in [0.717, 1.165) is 55.6 Å². The van der Waals surface area contributed by atoms with Gasteiger partial charge in [0.1, 0.15) is 6.07 Å². The second-order valence-corrected chi connectivity index (χ2v) is 9.73. The van der Waals surface area contributed by atoms with Gasteiger partial charge in [0.15, 0.2) is 5.82 Å². The van der Waals surface area contributed by atoms with Crippen LogP contribution in [-0.2, 0) is 0 Å². The van der Waals surface area contributed by atoms with Gasteiger partial charge < -0.3 is 4.57 Å². The van der Waals surface area contributed by atoms with E-state index in [9.17, 15) is 10.5 Å². The van der Waals surface area contributed by atoms with E-state index in [4.69, 9.17) is 9.97 Å². The predicted molar refractivity (Wildman–Crippen MR) is 162 cm³/mol. The molecule has 0 fully saturated rings. The fraction of sp³-hybridized carbons (Fsp3) is 0. The third kappa shape index (κ3) is 4.19. The molecule has 0 saturated carbocycles. The molecule has 5 nitrogen and oxygen atoms in total. The molecule has 0 saturated heterocycles. The molecule has 5 aromatic carbocycles. The molecule has 2 heterocycles. The highest BCUT2D eigenvalue weighted by molar-refractivity contribution is 6.09. The molecule has 190 valence electrons. The Morgan fingerprint density at radius 1 is 0.512 bits per heavy atom. The van der Waals surface area contributed by atoms with E-state index in [1.54, 1.807) is 0 Å². The van der Waals surface area contributed by atoms with Crippen LogP contribution in [0.2, 0.25) is 0 Å². The number of nitriles is 2. The molecular weight excluding hydrogens is 502 g/mol. The van der Waals surface area contributed by atoms with Gasteiger partial charge in [0.2, 0.25) is 0 Å².